The zero-order chi connectivity index (χ0) is 14.8. The third-order valence-electron chi connectivity index (χ3n) is 3.63. The minimum atomic E-state index is -0.467. The Morgan fingerprint density at radius 3 is 2.86 bits per heavy atom. The van der Waals surface area contributed by atoms with Crippen LogP contribution in [0.3, 0.4) is 0 Å². The molecule has 0 bridgehead atoms. The van der Waals surface area contributed by atoms with Crippen molar-refractivity contribution in [2.75, 3.05) is 5.32 Å². The predicted molar refractivity (Wildman–Crippen MR) is 80.3 cm³/mol. The van der Waals surface area contributed by atoms with Crippen molar-refractivity contribution in [2.45, 2.75) is 25.7 Å². The van der Waals surface area contributed by atoms with Gasteiger partial charge in [0.15, 0.2) is 0 Å². The van der Waals surface area contributed by atoms with E-state index in [0.717, 1.165) is 36.9 Å². The number of hydrogen-bond acceptors (Lipinski definition) is 3. The molecule has 106 valence electrons. The Morgan fingerprint density at radius 2 is 2.10 bits per heavy atom. The molecule has 5 heteroatoms. The third kappa shape index (κ3) is 2.70. The Morgan fingerprint density at radius 1 is 1.29 bits per heavy atom. The number of benzene rings is 1. The minimum Gasteiger partial charge on any atom is -0.336 e. The molecule has 1 aromatic heterocycles. The number of nitrogens with one attached hydrogen (secondary N) is 1. The van der Waals surface area contributed by atoms with E-state index in [2.05, 4.69) is 16.4 Å². The van der Waals surface area contributed by atoms with Crippen molar-refractivity contribution < 1.29 is 4.39 Å². The van der Waals surface area contributed by atoms with Gasteiger partial charge in [-0.25, -0.2) is 9.37 Å². The average Bonchev–Trinajstić information content (AvgIpc) is 2.50. The van der Waals surface area contributed by atoms with Crippen molar-refractivity contribution in [3.05, 3.63) is 51.9 Å². The fourth-order valence-electron chi connectivity index (χ4n) is 2.55. The monoisotopic (exact) mass is 301 g/mol. The molecule has 0 amide bonds. The fourth-order valence-corrected chi connectivity index (χ4v) is 2.76. The molecule has 2 aromatic rings. The van der Waals surface area contributed by atoms with Gasteiger partial charge in [0.2, 0.25) is 0 Å². The molecule has 0 fully saturated rings. The second-order valence-corrected chi connectivity index (χ2v) is 5.44. The highest BCUT2D eigenvalue weighted by molar-refractivity contribution is 6.33. The summed E-state index contributed by atoms with van der Waals surface area (Å²) in [5.41, 5.74) is 2.66. The number of nitrogens with zero attached hydrogens (tertiary/aromatic N) is 2. The molecule has 0 radical (unpaired) electrons. The van der Waals surface area contributed by atoms with E-state index in [1.807, 2.05) is 6.07 Å². The summed E-state index contributed by atoms with van der Waals surface area (Å²) in [7, 11) is 0. The summed E-state index contributed by atoms with van der Waals surface area (Å²) in [5.74, 6) is -0.101. The summed E-state index contributed by atoms with van der Waals surface area (Å²) in [4.78, 5) is 4.50. The molecule has 1 aromatic carbocycles. The van der Waals surface area contributed by atoms with E-state index < -0.39 is 5.82 Å². The lowest BCUT2D eigenvalue weighted by Crippen LogP contribution is -2.09. The Balaban J connectivity index is 2.04. The van der Waals surface area contributed by atoms with Gasteiger partial charge in [0.25, 0.3) is 0 Å². The van der Waals surface area contributed by atoms with Gasteiger partial charge >= 0.3 is 0 Å². The van der Waals surface area contributed by atoms with Crippen molar-refractivity contribution in [3.63, 3.8) is 0 Å². The average molecular weight is 302 g/mol. The Bertz CT molecular complexity index is 717. The van der Waals surface area contributed by atoms with Crippen LogP contribution in [-0.2, 0) is 12.8 Å². The molecule has 1 N–H and O–H groups in total. The molecule has 0 atom stereocenters. The second kappa shape index (κ2) is 5.71. The van der Waals surface area contributed by atoms with Gasteiger partial charge in [-0.15, -0.1) is 0 Å². The first-order valence-corrected chi connectivity index (χ1v) is 7.21. The summed E-state index contributed by atoms with van der Waals surface area (Å²) in [6.07, 6.45) is 4.04. The van der Waals surface area contributed by atoms with Crippen molar-refractivity contribution in [1.29, 1.82) is 5.26 Å². The number of aryl methyl sites for hydroxylation is 2. The molecule has 3 nitrogen and oxygen atoms in total. The molecular weight excluding hydrogens is 289 g/mol. The lowest BCUT2D eigenvalue weighted by molar-refractivity contribution is 0.631. The molecule has 0 saturated heterocycles. The molecule has 0 saturated carbocycles. The summed E-state index contributed by atoms with van der Waals surface area (Å²) in [6.45, 7) is 0. The molecule has 1 aliphatic carbocycles. The van der Waals surface area contributed by atoms with Crippen LogP contribution in [0.4, 0.5) is 15.9 Å². The van der Waals surface area contributed by atoms with Crippen LogP contribution in [-0.4, -0.2) is 4.98 Å². The van der Waals surface area contributed by atoms with E-state index in [1.165, 1.54) is 12.1 Å². The molecule has 21 heavy (non-hydrogen) atoms. The smallest absolute Gasteiger partial charge is 0.148 e. The lowest BCUT2D eigenvalue weighted by Gasteiger charge is -2.17. The number of rotatable bonds is 2. The highest BCUT2D eigenvalue weighted by atomic mass is 35.5. The Labute approximate surface area is 127 Å². The largest absolute Gasteiger partial charge is 0.336 e. The molecule has 3 rings (SSSR count). The topological polar surface area (TPSA) is 48.7 Å². The molecule has 1 heterocycles. The maximum absolute atomic E-state index is 13.9. The van der Waals surface area contributed by atoms with E-state index in [4.69, 9.17) is 11.6 Å². The van der Waals surface area contributed by atoms with Crippen LogP contribution in [0, 0.1) is 17.1 Å². The quantitative estimate of drug-likeness (QED) is 0.896. The van der Waals surface area contributed by atoms with Gasteiger partial charge in [0.1, 0.15) is 17.7 Å². The van der Waals surface area contributed by atoms with Gasteiger partial charge in [-0.3, -0.25) is 0 Å². The number of fused-ring (bicyclic) bond motifs is 1. The summed E-state index contributed by atoms with van der Waals surface area (Å²) in [5, 5.41) is 12.4. The molecule has 0 aliphatic heterocycles. The zero-order valence-corrected chi connectivity index (χ0v) is 12.0. The van der Waals surface area contributed by atoms with E-state index in [9.17, 15) is 9.65 Å². The third-order valence-corrected chi connectivity index (χ3v) is 3.94. The van der Waals surface area contributed by atoms with Crippen LogP contribution >= 0.6 is 11.6 Å². The number of nitriles is 1. The van der Waals surface area contributed by atoms with Crippen LogP contribution < -0.4 is 5.32 Å². The van der Waals surface area contributed by atoms with Crippen molar-refractivity contribution >= 4 is 23.1 Å². The molecule has 0 spiro atoms. The van der Waals surface area contributed by atoms with Crippen molar-refractivity contribution in [2.24, 2.45) is 0 Å². The van der Waals surface area contributed by atoms with E-state index in [-0.39, 0.29) is 10.7 Å². The molecule has 1 aliphatic rings. The van der Waals surface area contributed by atoms with Gasteiger partial charge in [0.05, 0.1) is 16.3 Å². The highest BCUT2D eigenvalue weighted by Gasteiger charge is 2.17. The predicted octanol–water partition coefficient (Wildman–Crippen LogP) is 4.37. The maximum Gasteiger partial charge on any atom is 0.148 e. The zero-order valence-electron chi connectivity index (χ0n) is 11.3. The van der Waals surface area contributed by atoms with Crippen LogP contribution in [0.2, 0.25) is 5.02 Å². The van der Waals surface area contributed by atoms with Crippen LogP contribution in [0.5, 0.6) is 0 Å². The number of aromatic nitrogens is 1. The summed E-state index contributed by atoms with van der Waals surface area (Å²) in [6, 6.07) is 8.41. The van der Waals surface area contributed by atoms with Crippen molar-refractivity contribution in [1.82, 2.24) is 4.98 Å². The SMILES string of the molecule is N#Cc1cc2c(nc1Nc1c(F)cccc1Cl)CCCC2. The standard InChI is InChI=1S/C16H13ClFN3/c17-12-5-3-6-13(18)15(12)21-16-11(9-19)8-10-4-1-2-7-14(10)20-16/h3,5-6,8H,1-2,4,7H2,(H,20,21). The number of para-hydroxylation sites is 1. The summed E-state index contributed by atoms with van der Waals surface area (Å²) < 4.78 is 13.9. The lowest BCUT2D eigenvalue weighted by atomic mass is 9.95. The second-order valence-electron chi connectivity index (χ2n) is 5.03. The molecular formula is C16H13ClFN3. The highest BCUT2D eigenvalue weighted by Crippen LogP contribution is 2.30. The van der Waals surface area contributed by atoms with E-state index in [1.54, 1.807) is 6.07 Å². The van der Waals surface area contributed by atoms with Gasteiger partial charge < -0.3 is 5.32 Å². The van der Waals surface area contributed by atoms with Crippen molar-refractivity contribution in [3.8, 4) is 6.07 Å². The van der Waals surface area contributed by atoms with Gasteiger partial charge in [-0.1, -0.05) is 17.7 Å². The van der Waals surface area contributed by atoms with E-state index >= 15 is 0 Å². The maximum atomic E-state index is 13.9. The normalized spacial score (nSPS) is 13.4. The first kappa shape index (κ1) is 13.8. The minimum absolute atomic E-state index is 0.152. The fraction of sp³-hybridized carbons (Fsp3) is 0.250. The van der Waals surface area contributed by atoms with Crippen LogP contribution in [0.15, 0.2) is 24.3 Å². The number of halogens is 2. The first-order valence-electron chi connectivity index (χ1n) is 6.83. The first-order chi connectivity index (χ1) is 10.2. The Kier molecular flexibility index (Phi) is 3.76. The summed E-state index contributed by atoms with van der Waals surface area (Å²) >= 11 is 6.01. The number of anilines is 2. The van der Waals surface area contributed by atoms with Gasteiger partial charge in [-0.2, -0.15) is 5.26 Å². The Hall–Kier alpha value is -2.12. The van der Waals surface area contributed by atoms with Gasteiger partial charge in [0, 0.05) is 5.69 Å². The van der Waals surface area contributed by atoms with Crippen LogP contribution in [0.25, 0.3) is 0 Å². The van der Waals surface area contributed by atoms with E-state index in [0.29, 0.717) is 11.4 Å². The number of pyridine rings is 1. The van der Waals surface area contributed by atoms with Crippen LogP contribution in [0.1, 0.15) is 29.7 Å². The number of hydrogen-bond donors (Lipinski definition) is 1. The van der Waals surface area contributed by atoms with Gasteiger partial charge in [-0.05, 0) is 49.4 Å². The molecule has 0 unspecified atom stereocenters.